The van der Waals surface area contributed by atoms with Crippen LogP contribution >= 0.6 is 0 Å². The van der Waals surface area contributed by atoms with Gasteiger partial charge >= 0.3 is 0 Å². The first kappa shape index (κ1) is 18.9. The maximum atomic E-state index is 5.72. The number of hydrogen-bond acceptors (Lipinski definition) is 3. The highest BCUT2D eigenvalue weighted by Gasteiger charge is 1.98. The van der Waals surface area contributed by atoms with Gasteiger partial charge in [0.25, 0.3) is 0 Å². The first-order valence-electron chi connectivity index (χ1n) is 7.97. The third-order valence-electron chi connectivity index (χ3n) is 3.06. The third kappa shape index (κ3) is 8.74. The molecule has 0 aliphatic rings. The smallest absolute Gasteiger partial charge is 0.192 e. The number of benzene rings is 1. The van der Waals surface area contributed by atoms with E-state index in [2.05, 4.69) is 40.5 Å². The summed E-state index contributed by atoms with van der Waals surface area (Å²) in [5.74, 6) is 4.17. The van der Waals surface area contributed by atoms with Crippen LogP contribution in [0.3, 0.4) is 0 Å². The molecule has 0 aliphatic heterocycles. The zero-order chi connectivity index (χ0) is 16.9. The Balaban J connectivity index is 2.44. The molecule has 2 N–H and O–H groups in total. The van der Waals surface area contributed by atoms with Crippen LogP contribution in [0, 0.1) is 12.3 Å². The molecule has 1 aromatic rings. The molecule has 1 aromatic carbocycles. The lowest BCUT2D eigenvalue weighted by molar-refractivity contribution is 0.281. The van der Waals surface area contributed by atoms with Gasteiger partial charge in [-0.25, -0.2) is 4.99 Å². The summed E-state index contributed by atoms with van der Waals surface area (Å²) >= 11 is 0. The number of ether oxygens (including phenoxy) is 1. The zero-order valence-corrected chi connectivity index (χ0v) is 14.4. The number of guanidine groups is 1. The highest BCUT2D eigenvalue weighted by Crippen LogP contribution is 2.13. The number of nitrogens with one attached hydrogen (secondary N) is 2. The van der Waals surface area contributed by atoms with Crippen LogP contribution in [-0.2, 0) is 6.54 Å². The summed E-state index contributed by atoms with van der Waals surface area (Å²) in [7, 11) is 4.13. The van der Waals surface area contributed by atoms with Crippen LogP contribution in [0.5, 0.6) is 5.75 Å². The van der Waals surface area contributed by atoms with Crippen LogP contribution < -0.4 is 15.4 Å². The summed E-state index contributed by atoms with van der Waals surface area (Å²) in [4.78, 5) is 6.65. The lowest BCUT2D eigenvalue weighted by Gasteiger charge is -2.11. The molecule has 0 aromatic heterocycles. The molecule has 0 saturated carbocycles. The molecule has 0 unspecified atom stereocenters. The lowest BCUT2D eigenvalue weighted by Crippen LogP contribution is -2.37. The van der Waals surface area contributed by atoms with Crippen LogP contribution in [0.2, 0.25) is 0 Å². The van der Waals surface area contributed by atoms with Crippen molar-refractivity contribution in [1.29, 1.82) is 0 Å². The molecule has 0 atom stereocenters. The Hall–Kier alpha value is -2.19. The lowest BCUT2D eigenvalue weighted by atomic mass is 10.2. The van der Waals surface area contributed by atoms with Gasteiger partial charge in [0.05, 0.1) is 19.7 Å². The minimum Gasteiger partial charge on any atom is -0.494 e. The Bertz CT molecular complexity index is 503. The van der Waals surface area contributed by atoms with E-state index in [9.17, 15) is 0 Å². The Morgan fingerprint density at radius 2 is 2.00 bits per heavy atom. The van der Waals surface area contributed by atoms with Crippen molar-refractivity contribution < 1.29 is 4.74 Å². The van der Waals surface area contributed by atoms with E-state index in [0.29, 0.717) is 13.1 Å². The summed E-state index contributed by atoms with van der Waals surface area (Å²) in [5, 5.41) is 6.23. The Kier molecular flexibility index (Phi) is 9.34. The van der Waals surface area contributed by atoms with Gasteiger partial charge in [0.2, 0.25) is 0 Å². The number of hydrogen-bond donors (Lipinski definition) is 2. The fourth-order valence-corrected chi connectivity index (χ4v) is 1.91. The molecule has 1 rings (SSSR count). The molecule has 0 heterocycles. The Morgan fingerprint density at radius 3 is 2.61 bits per heavy atom. The largest absolute Gasteiger partial charge is 0.494 e. The second-order valence-corrected chi connectivity index (χ2v) is 5.40. The molecule has 0 saturated heterocycles. The molecular formula is C18H28N4O. The van der Waals surface area contributed by atoms with Crippen molar-refractivity contribution >= 4 is 5.96 Å². The van der Waals surface area contributed by atoms with E-state index in [4.69, 9.17) is 11.2 Å². The van der Waals surface area contributed by atoms with E-state index in [0.717, 1.165) is 43.4 Å². The van der Waals surface area contributed by atoms with Crippen molar-refractivity contribution in [2.24, 2.45) is 4.99 Å². The van der Waals surface area contributed by atoms with E-state index in [1.165, 1.54) is 0 Å². The van der Waals surface area contributed by atoms with Crippen molar-refractivity contribution in [1.82, 2.24) is 15.5 Å². The predicted octanol–water partition coefficient (Wildman–Crippen LogP) is 1.71. The first-order valence-corrected chi connectivity index (χ1v) is 7.97. The monoisotopic (exact) mass is 316 g/mol. The van der Waals surface area contributed by atoms with Gasteiger partial charge in [-0.15, -0.1) is 6.42 Å². The van der Waals surface area contributed by atoms with Crippen molar-refractivity contribution in [2.75, 3.05) is 40.3 Å². The average molecular weight is 316 g/mol. The first-order chi connectivity index (χ1) is 11.2. The quantitative estimate of drug-likeness (QED) is 0.315. The Morgan fingerprint density at radius 1 is 1.26 bits per heavy atom. The summed E-state index contributed by atoms with van der Waals surface area (Å²) in [6, 6.07) is 8.05. The second kappa shape index (κ2) is 11.4. The fourth-order valence-electron chi connectivity index (χ4n) is 1.91. The number of rotatable bonds is 9. The van der Waals surface area contributed by atoms with Crippen molar-refractivity contribution in [2.45, 2.75) is 19.9 Å². The molecule has 0 aliphatic carbocycles. The summed E-state index contributed by atoms with van der Waals surface area (Å²) in [6.07, 6.45) is 6.27. The molecule has 0 radical (unpaired) electrons. The van der Waals surface area contributed by atoms with E-state index < -0.39 is 0 Å². The number of aliphatic imine (C=N–C) groups is 1. The zero-order valence-electron chi connectivity index (χ0n) is 14.4. The molecule has 0 spiro atoms. The molecule has 5 nitrogen and oxygen atoms in total. The maximum Gasteiger partial charge on any atom is 0.192 e. The molecule has 5 heteroatoms. The molecule has 23 heavy (non-hydrogen) atoms. The van der Waals surface area contributed by atoms with Crippen LogP contribution in [0.25, 0.3) is 0 Å². The summed E-state index contributed by atoms with van der Waals surface area (Å²) < 4.78 is 5.72. The summed E-state index contributed by atoms with van der Waals surface area (Å²) in [6.45, 7) is 5.65. The fraction of sp³-hybridized carbons (Fsp3) is 0.500. The van der Waals surface area contributed by atoms with Crippen molar-refractivity contribution in [3.8, 4) is 18.1 Å². The second-order valence-electron chi connectivity index (χ2n) is 5.40. The normalized spacial score (nSPS) is 11.2. The SMILES string of the molecule is C#CCNC(=NCc1ccc(OCCCN(C)C)cc1)NCC. The standard InChI is InChI=1S/C18H28N4O/c1-5-12-20-18(19-6-2)21-15-16-8-10-17(11-9-16)23-14-7-13-22(3)4/h1,8-11H,6-7,12-15H2,2-4H3,(H2,19,20,21). The van der Waals surface area contributed by atoms with Gasteiger partial charge in [-0.05, 0) is 45.1 Å². The van der Waals surface area contributed by atoms with Gasteiger partial charge in [-0.1, -0.05) is 18.1 Å². The van der Waals surface area contributed by atoms with Crippen LogP contribution in [0.15, 0.2) is 29.3 Å². The van der Waals surface area contributed by atoms with Crippen molar-refractivity contribution in [3.05, 3.63) is 29.8 Å². The van der Waals surface area contributed by atoms with Crippen LogP contribution in [0.1, 0.15) is 18.9 Å². The van der Waals surface area contributed by atoms with Gasteiger partial charge in [0.15, 0.2) is 5.96 Å². The minimum absolute atomic E-state index is 0.464. The molecule has 126 valence electrons. The minimum atomic E-state index is 0.464. The van der Waals surface area contributed by atoms with Crippen LogP contribution in [-0.4, -0.2) is 51.2 Å². The van der Waals surface area contributed by atoms with E-state index in [1.54, 1.807) is 0 Å². The maximum absolute atomic E-state index is 5.72. The number of terminal acetylenes is 1. The Labute approximate surface area is 140 Å². The van der Waals surface area contributed by atoms with E-state index >= 15 is 0 Å². The number of nitrogens with zero attached hydrogens (tertiary/aromatic N) is 2. The molecule has 0 bridgehead atoms. The van der Waals surface area contributed by atoms with E-state index in [-0.39, 0.29) is 0 Å². The van der Waals surface area contributed by atoms with Gasteiger partial charge in [-0.2, -0.15) is 0 Å². The third-order valence-corrected chi connectivity index (χ3v) is 3.06. The van der Waals surface area contributed by atoms with Gasteiger partial charge in [0.1, 0.15) is 5.75 Å². The molecular weight excluding hydrogens is 288 g/mol. The van der Waals surface area contributed by atoms with Crippen LogP contribution in [0.4, 0.5) is 0 Å². The van der Waals surface area contributed by atoms with Crippen molar-refractivity contribution in [3.63, 3.8) is 0 Å². The predicted molar refractivity (Wildman–Crippen MR) is 96.8 cm³/mol. The average Bonchev–Trinajstić information content (AvgIpc) is 2.55. The van der Waals surface area contributed by atoms with Gasteiger partial charge in [0, 0.05) is 13.1 Å². The van der Waals surface area contributed by atoms with Gasteiger partial charge in [-0.3, -0.25) is 0 Å². The molecule has 0 fully saturated rings. The van der Waals surface area contributed by atoms with E-state index in [1.807, 2.05) is 31.2 Å². The highest BCUT2D eigenvalue weighted by atomic mass is 16.5. The molecule has 0 amide bonds. The highest BCUT2D eigenvalue weighted by molar-refractivity contribution is 5.79. The topological polar surface area (TPSA) is 48.9 Å². The van der Waals surface area contributed by atoms with Gasteiger partial charge < -0.3 is 20.3 Å². The summed E-state index contributed by atoms with van der Waals surface area (Å²) in [5.41, 5.74) is 1.13.